The van der Waals surface area contributed by atoms with Crippen LogP contribution in [0.3, 0.4) is 0 Å². The number of rotatable bonds is 2. The number of alkyl halides is 3. The summed E-state index contributed by atoms with van der Waals surface area (Å²) in [7, 11) is 0. The van der Waals surface area contributed by atoms with Crippen molar-refractivity contribution in [1.29, 1.82) is 0 Å². The first kappa shape index (κ1) is 14.5. The molecule has 0 bridgehead atoms. The molecule has 0 aliphatic carbocycles. The number of hydrogen-bond donors (Lipinski definition) is 1. The molecule has 1 atom stereocenters. The van der Waals surface area contributed by atoms with Crippen LogP contribution in [0, 0.1) is 11.6 Å². The summed E-state index contributed by atoms with van der Waals surface area (Å²) in [5.74, 6) is -1.37. The zero-order valence-corrected chi connectivity index (χ0v) is 10.1. The SMILES string of the molecule is NC(c1ccc(C(F)(F)F)cc1)c1cc(F)ccc1F. The number of benzene rings is 2. The number of halogens is 5. The van der Waals surface area contributed by atoms with Gasteiger partial charge in [-0.25, -0.2) is 8.78 Å². The minimum Gasteiger partial charge on any atom is -0.320 e. The predicted molar refractivity (Wildman–Crippen MR) is 63.8 cm³/mol. The molecule has 2 aromatic rings. The molecule has 6 heteroatoms. The molecule has 0 radical (unpaired) electrons. The van der Waals surface area contributed by atoms with Crippen LogP contribution in [0.1, 0.15) is 22.7 Å². The van der Waals surface area contributed by atoms with Gasteiger partial charge in [0, 0.05) is 5.56 Å². The Morgan fingerprint density at radius 1 is 0.900 bits per heavy atom. The summed E-state index contributed by atoms with van der Waals surface area (Å²) in [4.78, 5) is 0. The molecule has 0 saturated carbocycles. The van der Waals surface area contributed by atoms with Gasteiger partial charge in [0.2, 0.25) is 0 Å². The van der Waals surface area contributed by atoms with Crippen LogP contribution < -0.4 is 5.73 Å². The molecule has 106 valence electrons. The minimum absolute atomic E-state index is 0.107. The second-order valence-electron chi connectivity index (χ2n) is 4.26. The molecule has 0 spiro atoms. The molecule has 0 aromatic heterocycles. The fourth-order valence-corrected chi connectivity index (χ4v) is 1.81. The van der Waals surface area contributed by atoms with Crippen molar-refractivity contribution in [3.8, 4) is 0 Å². The van der Waals surface area contributed by atoms with E-state index in [-0.39, 0.29) is 11.1 Å². The quantitative estimate of drug-likeness (QED) is 0.829. The lowest BCUT2D eigenvalue weighted by Gasteiger charge is -2.15. The van der Waals surface area contributed by atoms with Gasteiger partial charge in [-0.15, -0.1) is 0 Å². The lowest BCUT2D eigenvalue weighted by Crippen LogP contribution is -2.14. The van der Waals surface area contributed by atoms with Crippen LogP contribution in [0.4, 0.5) is 22.0 Å². The van der Waals surface area contributed by atoms with Crippen molar-refractivity contribution in [2.24, 2.45) is 5.73 Å². The highest BCUT2D eigenvalue weighted by atomic mass is 19.4. The van der Waals surface area contributed by atoms with Crippen molar-refractivity contribution >= 4 is 0 Å². The summed E-state index contributed by atoms with van der Waals surface area (Å²) in [5.41, 5.74) is 5.09. The molecule has 2 aromatic carbocycles. The molecule has 0 amide bonds. The van der Waals surface area contributed by atoms with E-state index in [9.17, 15) is 22.0 Å². The Labute approximate surface area is 111 Å². The molecule has 0 fully saturated rings. The van der Waals surface area contributed by atoms with E-state index in [4.69, 9.17) is 5.73 Å². The molecule has 20 heavy (non-hydrogen) atoms. The van der Waals surface area contributed by atoms with Crippen LogP contribution in [0.25, 0.3) is 0 Å². The molecule has 2 N–H and O–H groups in total. The highest BCUT2D eigenvalue weighted by molar-refractivity contribution is 5.34. The summed E-state index contributed by atoms with van der Waals surface area (Å²) >= 11 is 0. The summed E-state index contributed by atoms with van der Waals surface area (Å²) < 4.78 is 63.9. The first-order valence-corrected chi connectivity index (χ1v) is 5.66. The zero-order chi connectivity index (χ0) is 14.9. The normalized spacial score (nSPS) is 13.3. The van der Waals surface area contributed by atoms with Crippen molar-refractivity contribution in [1.82, 2.24) is 0 Å². The Morgan fingerprint density at radius 2 is 1.50 bits per heavy atom. The fraction of sp³-hybridized carbons (Fsp3) is 0.143. The fourth-order valence-electron chi connectivity index (χ4n) is 1.81. The summed E-state index contributed by atoms with van der Waals surface area (Å²) in [6.07, 6.45) is -4.45. The average molecular weight is 287 g/mol. The van der Waals surface area contributed by atoms with E-state index < -0.39 is 29.4 Å². The van der Waals surface area contributed by atoms with E-state index in [2.05, 4.69) is 0 Å². The molecule has 1 unspecified atom stereocenters. The molecular weight excluding hydrogens is 277 g/mol. The van der Waals surface area contributed by atoms with Crippen LogP contribution in [0.5, 0.6) is 0 Å². The molecule has 1 nitrogen and oxygen atoms in total. The third-order valence-corrected chi connectivity index (χ3v) is 2.89. The van der Waals surface area contributed by atoms with Gasteiger partial charge >= 0.3 is 6.18 Å². The van der Waals surface area contributed by atoms with Crippen molar-refractivity contribution in [2.45, 2.75) is 12.2 Å². The summed E-state index contributed by atoms with van der Waals surface area (Å²) in [6.45, 7) is 0. The Kier molecular flexibility index (Phi) is 3.76. The van der Waals surface area contributed by atoms with Gasteiger partial charge < -0.3 is 5.73 Å². The third kappa shape index (κ3) is 2.96. The maximum atomic E-state index is 13.5. The van der Waals surface area contributed by atoms with Gasteiger partial charge in [-0.2, -0.15) is 13.2 Å². The van der Waals surface area contributed by atoms with Crippen LogP contribution >= 0.6 is 0 Å². The Hall–Kier alpha value is -1.95. The molecule has 2 rings (SSSR count). The first-order chi connectivity index (χ1) is 9.29. The Morgan fingerprint density at radius 3 is 2.05 bits per heavy atom. The van der Waals surface area contributed by atoms with Crippen molar-refractivity contribution in [3.05, 3.63) is 70.8 Å². The van der Waals surface area contributed by atoms with Crippen LogP contribution in [0.15, 0.2) is 42.5 Å². The molecule has 0 aliphatic rings. The average Bonchev–Trinajstić information content (AvgIpc) is 2.40. The number of nitrogens with two attached hydrogens (primary N) is 1. The molecular formula is C14H10F5N. The van der Waals surface area contributed by atoms with E-state index in [0.717, 1.165) is 42.5 Å². The van der Waals surface area contributed by atoms with Crippen molar-refractivity contribution < 1.29 is 22.0 Å². The topological polar surface area (TPSA) is 26.0 Å². The molecule has 0 heterocycles. The Balaban J connectivity index is 2.34. The van der Waals surface area contributed by atoms with Gasteiger partial charge in [-0.1, -0.05) is 12.1 Å². The minimum atomic E-state index is -4.45. The highest BCUT2D eigenvalue weighted by Gasteiger charge is 2.30. The Bertz CT molecular complexity index is 604. The second kappa shape index (κ2) is 5.20. The molecule has 0 aliphatic heterocycles. The van der Waals surface area contributed by atoms with Crippen LogP contribution in [0.2, 0.25) is 0 Å². The van der Waals surface area contributed by atoms with Gasteiger partial charge in [0.25, 0.3) is 0 Å². The lowest BCUT2D eigenvalue weighted by atomic mass is 9.98. The maximum Gasteiger partial charge on any atom is 0.416 e. The van der Waals surface area contributed by atoms with E-state index in [1.807, 2.05) is 0 Å². The van der Waals surface area contributed by atoms with E-state index in [1.165, 1.54) is 0 Å². The molecule has 0 saturated heterocycles. The van der Waals surface area contributed by atoms with Gasteiger partial charge in [-0.3, -0.25) is 0 Å². The number of hydrogen-bond acceptors (Lipinski definition) is 1. The third-order valence-electron chi connectivity index (χ3n) is 2.89. The standard InChI is InChI=1S/C14H10F5N/c15-10-5-6-12(16)11(7-10)13(20)8-1-3-9(4-2-8)14(17,18)19/h1-7,13H,20H2. The van der Waals surface area contributed by atoms with Crippen molar-refractivity contribution in [3.63, 3.8) is 0 Å². The van der Waals surface area contributed by atoms with Gasteiger partial charge in [0.1, 0.15) is 11.6 Å². The predicted octanol–water partition coefficient (Wildman–Crippen LogP) is 4.03. The maximum absolute atomic E-state index is 13.5. The van der Waals surface area contributed by atoms with E-state index >= 15 is 0 Å². The van der Waals surface area contributed by atoms with Crippen LogP contribution in [-0.4, -0.2) is 0 Å². The van der Waals surface area contributed by atoms with Crippen LogP contribution in [-0.2, 0) is 6.18 Å². The monoisotopic (exact) mass is 287 g/mol. The lowest BCUT2D eigenvalue weighted by molar-refractivity contribution is -0.137. The van der Waals surface area contributed by atoms with Gasteiger partial charge in [0.05, 0.1) is 11.6 Å². The van der Waals surface area contributed by atoms with Crippen molar-refractivity contribution in [2.75, 3.05) is 0 Å². The summed E-state index contributed by atoms with van der Waals surface area (Å²) in [5, 5.41) is 0. The highest BCUT2D eigenvalue weighted by Crippen LogP contribution is 2.31. The first-order valence-electron chi connectivity index (χ1n) is 5.66. The van der Waals surface area contributed by atoms with Gasteiger partial charge in [0.15, 0.2) is 0 Å². The second-order valence-corrected chi connectivity index (χ2v) is 4.26. The van der Waals surface area contributed by atoms with E-state index in [0.29, 0.717) is 0 Å². The van der Waals surface area contributed by atoms with Gasteiger partial charge in [-0.05, 0) is 35.9 Å². The summed E-state index contributed by atoms with van der Waals surface area (Å²) in [6, 6.07) is 5.77. The smallest absolute Gasteiger partial charge is 0.320 e. The zero-order valence-electron chi connectivity index (χ0n) is 10.1. The largest absolute Gasteiger partial charge is 0.416 e. The van der Waals surface area contributed by atoms with E-state index in [1.54, 1.807) is 0 Å².